The standard InChI is InChI=1S/C15H16N4O3S/c20-13(15(2-3-15)14(21)22)19-6-4-18(5-7-19)12-11-10(1-8-23-11)16-9-17-12/h1,8-9H,2-7H2,(H,21,22). The van der Waals surface area contributed by atoms with E-state index in [4.69, 9.17) is 0 Å². The Bertz CT molecular complexity index is 778. The maximum absolute atomic E-state index is 12.4. The number of aromatic nitrogens is 2. The summed E-state index contributed by atoms with van der Waals surface area (Å²) in [5.41, 5.74) is -0.209. The molecule has 0 bridgehead atoms. The molecule has 1 saturated carbocycles. The molecule has 8 heteroatoms. The number of carbonyl (C=O) groups is 2. The van der Waals surface area contributed by atoms with E-state index in [-0.39, 0.29) is 5.91 Å². The number of rotatable bonds is 3. The molecule has 1 saturated heterocycles. The zero-order valence-electron chi connectivity index (χ0n) is 12.4. The summed E-state index contributed by atoms with van der Waals surface area (Å²) < 4.78 is 1.05. The largest absolute Gasteiger partial charge is 0.480 e. The van der Waals surface area contributed by atoms with E-state index in [1.54, 1.807) is 22.6 Å². The second kappa shape index (κ2) is 5.16. The highest BCUT2D eigenvalue weighted by molar-refractivity contribution is 7.17. The van der Waals surface area contributed by atoms with Crippen LogP contribution in [-0.2, 0) is 9.59 Å². The summed E-state index contributed by atoms with van der Waals surface area (Å²) in [6, 6.07) is 1.97. The lowest BCUT2D eigenvalue weighted by molar-refractivity contribution is -0.153. The Morgan fingerprint density at radius 2 is 1.91 bits per heavy atom. The second-order valence-corrected chi connectivity index (χ2v) is 6.91. The van der Waals surface area contributed by atoms with Crippen molar-refractivity contribution in [1.29, 1.82) is 0 Å². The van der Waals surface area contributed by atoms with Gasteiger partial charge in [0.15, 0.2) is 0 Å². The highest BCUT2D eigenvalue weighted by Gasteiger charge is 2.58. The van der Waals surface area contributed by atoms with Gasteiger partial charge in [0.2, 0.25) is 5.91 Å². The molecule has 7 nitrogen and oxygen atoms in total. The van der Waals surface area contributed by atoms with E-state index in [9.17, 15) is 14.7 Å². The lowest BCUT2D eigenvalue weighted by Crippen LogP contribution is -2.52. The van der Waals surface area contributed by atoms with Gasteiger partial charge in [0, 0.05) is 26.2 Å². The van der Waals surface area contributed by atoms with E-state index in [2.05, 4.69) is 14.9 Å². The molecule has 2 fully saturated rings. The minimum atomic E-state index is -1.14. The fourth-order valence-electron chi connectivity index (χ4n) is 3.07. The van der Waals surface area contributed by atoms with Gasteiger partial charge in [0.25, 0.3) is 0 Å². The normalized spacial score (nSPS) is 19.8. The Labute approximate surface area is 136 Å². The highest BCUT2D eigenvalue weighted by Crippen LogP contribution is 2.47. The summed E-state index contributed by atoms with van der Waals surface area (Å²) in [6.07, 6.45) is 2.48. The molecule has 2 aliphatic rings. The molecule has 0 radical (unpaired) electrons. The van der Waals surface area contributed by atoms with Crippen molar-refractivity contribution in [3.05, 3.63) is 17.8 Å². The Balaban J connectivity index is 1.48. The van der Waals surface area contributed by atoms with Gasteiger partial charge in [-0.2, -0.15) is 0 Å². The number of hydrogen-bond acceptors (Lipinski definition) is 6. The number of piperazine rings is 1. The summed E-state index contributed by atoms with van der Waals surface area (Å²) >= 11 is 1.61. The Morgan fingerprint density at radius 1 is 1.17 bits per heavy atom. The molecule has 0 unspecified atom stereocenters. The first kappa shape index (κ1) is 14.4. The summed E-state index contributed by atoms with van der Waals surface area (Å²) in [7, 11) is 0. The van der Waals surface area contributed by atoms with Crippen LogP contribution in [0, 0.1) is 5.41 Å². The number of carboxylic acids is 1. The molecule has 23 heavy (non-hydrogen) atoms. The molecular formula is C15H16N4O3S. The topological polar surface area (TPSA) is 86.6 Å². The molecule has 2 aromatic rings. The molecule has 0 aromatic carbocycles. The first-order valence-electron chi connectivity index (χ1n) is 7.58. The number of thiophene rings is 1. The number of nitrogens with zero attached hydrogens (tertiary/aromatic N) is 4. The first-order valence-corrected chi connectivity index (χ1v) is 8.46. The quantitative estimate of drug-likeness (QED) is 0.850. The van der Waals surface area contributed by atoms with Gasteiger partial charge >= 0.3 is 5.97 Å². The SMILES string of the molecule is O=C(O)C1(C(=O)N2CCN(c3ncnc4ccsc34)CC2)CC1. The van der Waals surface area contributed by atoms with Gasteiger partial charge in [-0.1, -0.05) is 0 Å². The van der Waals surface area contributed by atoms with Crippen molar-refractivity contribution in [1.82, 2.24) is 14.9 Å². The van der Waals surface area contributed by atoms with Crippen LogP contribution >= 0.6 is 11.3 Å². The van der Waals surface area contributed by atoms with Gasteiger partial charge in [-0.15, -0.1) is 11.3 Å². The molecule has 2 aromatic heterocycles. The minimum Gasteiger partial charge on any atom is -0.480 e. The molecule has 1 aliphatic carbocycles. The van der Waals surface area contributed by atoms with E-state index < -0.39 is 11.4 Å². The third kappa shape index (κ3) is 2.24. The first-order chi connectivity index (χ1) is 11.1. The molecule has 0 spiro atoms. The molecule has 120 valence electrons. The average molecular weight is 332 g/mol. The van der Waals surface area contributed by atoms with Crippen LogP contribution in [0.15, 0.2) is 17.8 Å². The van der Waals surface area contributed by atoms with Gasteiger partial charge in [0.1, 0.15) is 17.6 Å². The lowest BCUT2D eigenvalue weighted by Gasteiger charge is -2.36. The second-order valence-electron chi connectivity index (χ2n) is 6.00. The summed E-state index contributed by atoms with van der Waals surface area (Å²) in [6.45, 7) is 2.38. The zero-order valence-corrected chi connectivity index (χ0v) is 13.3. The Kier molecular flexibility index (Phi) is 3.22. The molecule has 4 rings (SSSR count). The number of hydrogen-bond donors (Lipinski definition) is 1. The van der Waals surface area contributed by atoms with Crippen molar-refractivity contribution in [3.8, 4) is 0 Å². The van der Waals surface area contributed by atoms with Crippen LogP contribution in [0.4, 0.5) is 5.82 Å². The molecule has 0 atom stereocenters. The smallest absolute Gasteiger partial charge is 0.319 e. The summed E-state index contributed by atoms with van der Waals surface area (Å²) in [5, 5.41) is 11.2. The van der Waals surface area contributed by atoms with Crippen molar-refractivity contribution < 1.29 is 14.7 Å². The number of anilines is 1. The van der Waals surface area contributed by atoms with Crippen LogP contribution in [0.3, 0.4) is 0 Å². The van der Waals surface area contributed by atoms with E-state index in [0.717, 1.165) is 16.0 Å². The van der Waals surface area contributed by atoms with Gasteiger partial charge in [-0.25, -0.2) is 9.97 Å². The fourth-order valence-corrected chi connectivity index (χ4v) is 3.93. The van der Waals surface area contributed by atoms with Crippen LogP contribution in [0.25, 0.3) is 10.2 Å². The fraction of sp³-hybridized carbons (Fsp3) is 0.467. The number of aliphatic carboxylic acids is 1. The van der Waals surface area contributed by atoms with Gasteiger partial charge in [-0.05, 0) is 24.3 Å². The average Bonchev–Trinajstić information content (AvgIpc) is 3.25. The lowest BCUT2D eigenvalue weighted by atomic mass is 10.1. The zero-order chi connectivity index (χ0) is 16.0. The van der Waals surface area contributed by atoms with Crippen molar-refractivity contribution >= 4 is 39.2 Å². The Hall–Kier alpha value is -2.22. The van der Waals surface area contributed by atoms with Crippen molar-refractivity contribution in [2.75, 3.05) is 31.1 Å². The van der Waals surface area contributed by atoms with Gasteiger partial charge < -0.3 is 14.9 Å². The molecule has 3 heterocycles. The van der Waals surface area contributed by atoms with Crippen LogP contribution in [0.5, 0.6) is 0 Å². The number of carbonyl (C=O) groups excluding carboxylic acids is 1. The summed E-state index contributed by atoms with van der Waals surface area (Å²) in [4.78, 5) is 36.2. The van der Waals surface area contributed by atoms with Crippen molar-refractivity contribution in [2.24, 2.45) is 5.41 Å². The predicted molar refractivity (Wildman–Crippen MR) is 85.5 cm³/mol. The third-order valence-corrected chi connectivity index (χ3v) is 5.56. The minimum absolute atomic E-state index is 0.228. The van der Waals surface area contributed by atoms with Gasteiger partial charge in [-0.3, -0.25) is 9.59 Å². The molecular weight excluding hydrogens is 316 g/mol. The molecule has 1 N–H and O–H groups in total. The maximum Gasteiger partial charge on any atom is 0.319 e. The monoisotopic (exact) mass is 332 g/mol. The highest BCUT2D eigenvalue weighted by atomic mass is 32.1. The molecule has 1 amide bonds. The van der Waals surface area contributed by atoms with Crippen LogP contribution in [-0.4, -0.2) is 58.0 Å². The van der Waals surface area contributed by atoms with E-state index in [0.29, 0.717) is 39.0 Å². The predicted octanol–water partition coefficient (Wildman–Crippen LogP) is 1.20. The van der Waals surface area contributed by atoms with Crippen molar-refractivity contribution in [2.45, 2.75) is 12.8 Å². The number of fused-ring (bicyclic) bond motifs is 1. The van der Waals surface area contributed by atoms with E-state index in [1.807, 2.05) is 11.4 Å². The van der Waals surface area contributed by atoms with Crippen LogP contribution in [0.2, 0.25) is 0 Å². The maximum atomic E-state index is 12.4. The third-order valence-electron chi connectivity index (χ3n) is 4.66. The number of carboxylic acid groups (broad SMARTS) is 1. The van der Waals surface area contributed by atoms with Gasteiger partial charge in [0.05, 0.1) is 10.2 Å². The van der Waals surface area contributed by atoms with E-state index >= 15 is 0 Å². The Morgan fingerprint density at radius 3 is 2.57 bits per heavy atom. The van der Waals surface area contributed by atoms with Crippen LogP contribution < -0.4 is 4.90 Å². The summed E-state index contributed by atoms with van der Waals surface area (Å²) in [5.74, 6) is -0.314. The molecule has 1 aliphatic heterocycles. The van der Waals surface area contributed by atoms with Crippen LogP contribution in [0.1, 0.15) is 12.8 Å². The number of amides is 1. The van der Waals surface area contributed by atoms with E-state index in [1.165, 1.54) is 0 Å². The van der Waals surface area contributed by atoms with Crippen molar-refractivity contribution in [3.63, 3.8) is 0 Å².